The monoisotopic (exact) mass is 210 g/mol. The van der Waals surface area contributed by atoms with Crippen molar-refractivity contribution in [1.29, 1.82) is 0 Å². The molecule has 3 heteroatoms. The van der Waals surface area contributed by atoms with Crippen LogP contribution in [0.25, 0.3) is 0 Å². The third kappa shape index (κ3) is 3.06. The topological polar surface area (TPSA) is 46.3 Å². The van der Waals surface area contributed by atoms with Gasteiger partial charge in [-0.1, -0.05) is 6.08 Å². The second-order valence-corrected chi connectivity index (χ2v) is 4.30. The van der Waals surface area contributed by atoms with Crippen molar-refractivity contribution >= 4 is 5.91 Å². The Bertz CT molecular complexity index is 228. The molecule has 0 aromatic carbocycles. The molecule has 1 heterocycles. The Hall–Kier alpha value is -0.830. The molecule has 0 aliphatic carbocycles. The lowest BCUT2D eigenvalue weighted by atomic mass is 9.96. The normalized spacial score (nSPS) is 26.4. The number of hydrogen-bond acceptors (Lipinski definition) is 2. The Kier molecular flexibility index (Phi) is 4.82. The van der Waals surface area contributed by atoms with Crippen molar-refractivity contribution < 1.29 is 4.79 Å². The number of allylic oxidation sites excluding steroid dienone is 1. The molecule has 1 aliphatic heterocycles. The van der Waals surface area contributed by atoms with E-state index < -0.39 is 0 Å². The maximum atomic E-state index is 12.0. The highest BCUT2D eigenvalue weighted by atomic mass is 16.2. The number of piperidine rings is 1. The molecule has 0 radical (unpaired) electrons. The molecule has 0 spiro atoms. The predicted octanol–water partition coefficient (Wildman–Crippen LogP) is 1.68. The molecule has 1 aliphatic rings. The van der Waals surface area contributed by atoms with Crippen molar-refractivity contribution in [3.8, 4) is 0 Å². The van der Waals surface area contributed by atoms with E-state index in [1.165, 1.54) is 6.42 Å². The minimum Gasteiger partial charge on any atom is -0.336 e. The van der Waals surface area contributed by atoms with Crippen LogP contribution in [0.15, 0.2) is 12.7 Å². The maximum Gasteiger partial charge on any atom is 0.223 e. The van der Waals surface area contributed by atoms with Crippen molar-refractivity contribution in [3.63, 3.8) is 0 Å². The van der Waals surface area contributed by atoms with Gasteiger partial charge in [-0.15, -0.1) is 6.58 Å². The predicted molar refractivity (Wildman–Crippen MR) is 62.4 cm³/mol. The molecule has 1 amide bonds. The van der Waals surface area contributed by atoms with E-state index >= 15 is 0 Å². The van der Waals surface area contributed by atoms with Gasteiger partial charge in [-0.3, -0.25) is 4.79 Å². The number of hydrogen-bond donors (Lipinski definition) is 1. The first-order valence-electron chi connectivity index (χ1n) is 5.82. The van der Waals surface area contributed by atoms with Gasteiger partial charge in [0.2, 0.25) is 5.91 Å². The summed E-state index contributed by atoms with van der Waals surface area (Å²) in [6, 6.07) is 0.607. The second kappa shape index (κ2) is 5.91. The zero-order chi connectivity index (χ0) is 11.3. The highest BCUT2D eigenvalue weighted by molar-refractivity contribution is 5.77. The van der Waals surface area contributed by atoms with Gasteiger partial charge >= 0.3 is 0 Å². The average Bonchev–Trinajstić information content (AvgIpc) is 2.25. The molecule has 86 valence electrons. The number of likely N-dealkylation sites (tertiary alicyclic amines) is 1. The van der Waals surface area contributed by atoms with Crippen LogP contribution in [-0.2, 0) is 4.79 Å². The Morgan fingerprint density at radius 1 is 1.60 bits per heavy atom. The van der Waals surface area contributed by atoms with E-state index in [-0.39, 0.29) is 11.9 Å². The van der Waals surface area contributed by atoms with Crippen molar-refractivity contribution in [1.82, 2.24) is 4.90 Å². The summed E-state index contributed by atoms with van der Waals surface area (Å²) in [7, 11) is 0. The van der Waals surface area contributed by atoms with Crippen LogP contribution in [-0.4, -0.2) is 29.4 Å². The van der Waals surface area contributed by atoms with Crippen LogP contribution in [0.1, 0.15) is 39.0 Å². The fourth-order valence-electron chi connectivity index (χ4n) is 2.32. The molecular weight excluding hydrogens is 188 g/mol. The molecule has 1 fully saturated rings. The fraction of sp³-hybridized carbons (Fsp3) is 0.750. The van der Waals surface area contributed by atoms with Gasteiger partial charge in [0.1, 0.15) is 0 Å². The summed E-state index contributed by atoms with van der Waals surface area (Å²) in [5.41, 5.74) is 5.71. The summed E-state index contributed by atoms with van der Waals surface area (Å²) in [6.07, 6.45) is 6.49. The molecule has 2 N–H and O–H groups in total. The first-order chi connectivity index (χ1) is 7.20. The molecule has 2 unspecified atom stereocenters. The maximum absolute atomic E-state index is 12.0. The number of nitrogens with two attached hydrogens (primary N) is 1. The molecule has 0 saturated carbocycles. The number of amides is 1. The minimum absolute atomic E-state index is 0.234. The zero-order valence-corrected chi connectivity index (χ0v) is 9.61. The van der Waals surface area contributed by atoms with E-state index in [1.54, 1.807) is 6.08 Å². The Morgan fingerprint density at radius 3 is 2.93 bits per heavy atom. The lowest BCUT2D eigenvalue weighted by Gasteiger charge is -2.40. The number of nitrogens with zero attached hydrogens (tertiary/aromatic N) is 1. The summed E-state index contributed by atoms with van der Waals surface area (Å²) in [5, 5.41) is 0. The van der Waals surface area contributed by atoms with Gasteiger partial charge in [-0.2, -0.15) is 0 Å². The van der Waals surface area contributed by atoms with Gasteiger partial charge in [0, 0.05) is 25.0 Å². The summed E-state index contributed by atoms with van der Waals surface area (Å²) in [6.45, 7) is 6.35. The lowest BCUT2D eigenvalue weighted by molar-refractivity contribution is -0.137. The number of carbonyl (C=O) groups excluding carboxylic acids is 1. The average molecular weight is 210 g/mol. The van der Waals surface area contributed by atoms with Crippen LogP contribution in [0.2, 0.25) is 0 Å². The molecule has 0 aromatic heterocycles. The first-order valence-corrected chi connectivity index (χ1v) is 5.82. The number of rotatable bonds is 4. The van der Waals surface area contributed by atoms with Crippen molar-refractivity contribution in [2.45, 2.75) is 51.1 Å². The van der Waals surface area contributed by atoms with Gasteiger partial charge < -0.3 is 10.6 Å². The first kappa shape index (κ1) is 12.2. The lowest BCUT2D eigenvalue weighted by Crippen LogP contribution is -2.51. The Morgan fingerprint density at radius 2 is 2.33 bits per heavy atom. The largest absolute Gasteiger partial charge is 0.336 e. The smallest absolute Gasteiger partial charge is 0.223 e. The number of carbonyl (C=O) groups is 1. The molecule has 1 saturated heterocycles. The van der Waals surface area contributed by atoms with E-state index in [0.717, 1.165) is 19.3 Å². The molecule has 0 aromatic rings. The third-order valence-electron chi connectivity index (χ3n) is 3.15. The highest BCUT2D eigenvalue weighted by Crippen LogP contribution is 2.23. The van der Waals surface area contributed by atoms with Gasteiger partial charge in [-0.25, -0.2) is 0 Å². The molecule has 3 nitrogen and oxygen atoms in total. The summed E-state index contributed by atoms with van der Waals surface area (Å²) >= 11 is 0. The third-order valence-corrected chi connectivity index (χ3v) is 3.15. The van der Waals surface area contributed by atoms with Crippen LogP contribution in [0.4, 0.5) is 0 Å². The van der Waals surface area contributed by atoms with Crippen molar-refractivity contribution in [2.24, 2.45) is 5.73 Å². The summed E-state index contributed by atoms with van der Waals surface area (Å²) < 4.78 is 0. The SMILES string of the molecule is C=CCCC(=O)N1C(C)CCCC1CN. The van der Waals surface area contributed by atoms with Gasteiger partial charge in [-0.05, 0) is 32.6 Å². The van der Waals surface area contributed by atoms with E-state index in [1.807, 2.05) is 4.90 Å². The summed E-state index contributed by atoms with van der Waals surface area (Å²) in [5.74, 6) is 0.234. The standard InChI is InChI=1S/C12H22N2O/c1-3-4-8-12(15)14-10(2)6-5-7-11(14)9-13/h3,10-11H,1,4-9,13H2,2H3. The van der Waals surface area contributed by atoms with Crippen molar-refractivity contribution in [2.75, 3.05) is 6.54 Å². The second-order valence-electron chi connectivity index (χ2n) is 4.30. The highest BCUT2D eigenvalue weighted by Gasteiger charge is 2.29. The Labute approximate surface area is 92.3 Å². The molecule has 1 rings (SSSR count). The van der Waals surface area contributed by atoms with E-state index in [0.29, 0.717) is 19.0 Å². The van der Waals surface area contributed by atoms with E-state index in [4.69, 9.17) is 5.73 Å². The van der Waals surface area contributed by atoms with Crippen LogP contribution >= 0.6 is 0 Å². The van der Waals surface area contributed by atoms with Gasteiger partial charge in [0.15, 0.2) is 0 Å². The molecule has 15 heavy (non-hydrogen) atoms. The molecule has 2 atom stereocenters. The van der Waals surface area contributed by atoms with Crippen LogP contribution < -0.4 is 5.73 Å². The van der Waals surface area contributed by atoms with Crippen LogP contribution in [0.3, 0.4) is 0 Å². The molecule has 0 bridgehead atoms. The molecular formula is C12H22N2O. The zero-order valence-electron chi connectivity index (χ0n) is 9.61. The minimum atomic E-state index is 0.234. The Balaban J connectivity index is 2.60. The van der Waals surface area contributed by atoms with E-state index in [9.17, 15) is 4.79 Å². The quantitative estimate of drug-likeness (QED) is 0.718. The van der Waals surface area contributed by atoms with Gasteiger partial charge in [0.25, 0.3) is 0 Å². The van der Waals surface area contributed by atoms with Gasteiger partial charge in [0.05, 0.1) is 0 Å². The van der Waals surface area contributed by atoms with E-state index in [2.05, 4.69) is 13.5 Å². The fourth-order valence-corrected chi connectivity index (χ4v) is 2.32. The van der Waals surface area contributed by atoms with Crippen LogP contribution in [0, 0.1) is 0 Å². The van der Waals surface area contributed by atoms with Crippen LogP contribution in [0.5, 0.6) is 0 Å². The van der Waals surface area contributed by atoms with Crippen molar-refractivity contribution in [3.05, 3.63) is 12.7 Å². The summed E-state index contributed by atoms with van der Waals surface area (Å²) in [4.78, 5) is 14.0.